The molecule has 0 saturated heterocycles. The van der Waals surface area contributed by atoms with Crippen molar-refractivity contribution in [3.63, 3.8) is 0 Å². The molecule has 1 amide bonds. The number of nitrogens with one attached hydrogen (secondary N) is 1. The third-order valence-electron chi connectivity index (χ3n) is 1.16. The fourth-order valence-electron chi connectivity index (χ4n) is 0.695. The van der Waals surface area contributed by atoms with Gasteiger partial charge in [0, 0.05) is 12.3 Å². The molecule has 0 aromatic heterocycles. The van der Waals surface area contributed by atoms with Gasteiger partial charge in [-0.3, -0.25) is 4.21 Å². The van der Waals surface area contributed by atoms with Crippen LogP contribution in [-0.2, 0) is 15.8 Å². The van der Waals surface area contributed by atoms with Gasteiger partial charge >= 0.3 is 6.09 Å². The van der Waals surface area contributed by atoms with E-state index in [0.29, 0.717) is 13.0 Å². The number of carbonyl (C=O) groups is 1. The Morgan fingerprint density at radius 2 is 2.07 bits per heavy atom. The third-order valence-corrected chi connectivity index (χ3v) is 1.78. The Labute approximate surface area is 86.5 Å². The summed E-state index contributed by atoms with van der Waals surface area (Å²) < 4.78 is 25.2. The summed E-state index contributed by atoms with van der Waals surface area (Å²) in [6.07, 6.45) is -0.121. The first-order valence-electron chi connectivity index (χ1n) is 4.34. The van der Waals surface area contributed by atoms with Gasteiger partial charge in [0.15, 0.2) is 0 Å². The maximum Gasteiger partial charge on any atom is 0.407 e. The lowest BCUT2D eigenvalue weighted by Gasteiger charge is -2.19. The molecule has 84 valence electrons. The summed E-state index contributed by atoms with van der Waals surface area (Å²) in [6.45, 7) is 5.60. The second kappa shape index (κ2) is 5.98. The molecule has 0 saturated carbocycles. The Hall–Kier alpha value is -0.620. The highest BCUT2D eigenvalue weighted by atomic mass is 32.2. The van der Waals surface area contributed by atoms with Crippen LogP contribution in [0.3, 0.4) is 0 Å². The molecule has 1 atom stereocenters. The molecule has 1 unspecified atom stereocenters. The number of ether oxygens (including phenoxy) is 1. The topological polar surface area (TPSA) is 78.5 Å². The molecule has 0 fully saturated rings. The number of rotatable bonds is 4. The van der Waals surface area contributed by atoms with Crippen LogP contribution in [0.4, 0.5) is 4.79 Å². The highest BCUT2D eigenvalue weighted by Gasteiger charge is 2.15. The average molecular weight is 222 g/mol. The average Bonchev–Trinajstić information content (AvgIpc) is 1.94. The number of amides is 1. The van der Waals surface area contributed by atoms with E-state index in [1.165, 1.54) is 0 Å². The Morgan fingerprint density at radius 1 is 1.50 bits per heavy atom. The normalized spacial score (nSPS) is 13.4. The molecule has 0 heterocycles. The standard InChI is InChI=1S/C8H17NO4S/c1-8(2,3)13-7(10)9-5-4-6-14(11)12/h4-6H2,1-3H3,(H,9,10)(H,11,12)/p-1. The zero-order valence-electron chi connectivity index (χ0n) is 8.66. The van der Waals surface area contributed by atoms with Crippen molar-refractivity contribution < 1.29 is 18.3 Å². The van der Waals surface area contributed by atoms with Crippen molar-refractivity contribution in [2.24, 2.45) is 0 Å². The molecule has 1 N–H and O–H groups in total. The molecule has 14 heavy (non-hydrogen) atoms. The Morgan fingerprint density at radius 3 is 2.50 bits per heavy atom. The molecule has 0 aliphatic carbocycles. The Kier molecular flexibility index (Phi) is 5.71. The molecule has 6 heteroatoms. The number of hydrogen-bond donors (Lipinski definition) is 1. The first kappa shape index (κ1) is 13.4. The van der Waals surface area contributed by atoms with Crippen LogP contribution in [0.5, 0.6) is 0 Å². The molecular weight excluding hydrogens is 206 g/mol. The quantitative estimate of drug-likeness (QED) is 0.563. The van der Waals surface area contributed by atoms with Gasteiger partial charge in [0.25, 0.3) is 0 Å². The van der Waals surface area contributed by atoms with Crippen LogP contribution in [0.15, 0.2) is 0 Å². The summed E-state index contributed by atoms with van der Waals surface area (Å²) >= 11 is -2.04. The van der Waals surface area contributed by atoms with E-state index in [1.807, 2.05) is 0 Å². The molecule has 0 bridgehead atoms. The minimum atomic E-state index is -2.04. The van der Waals surface area contributed by atoms with Crippen LogP contribution in [-0.4, -0.2) is 32.8 Å². The summed E-state index contributed by atoms with van der Waals surface area (Å²) in [7, 11) is 0. The fraction of sp³-hybridized carbons (Fsp3) is 0.875. The van der Waals surface area contributed by atoms with Crippen LogP contribution < -0.4 is 5.32 Å². The third kappa shape index (κ3) is 9.47. The minimum absolute atomic E-state index is 0.0514. The van der Waals surface area contributed by atoms with Crippen molar-refractivity contribution in [1.29, 1.82) is 0 Å². The summed E-state index contributed by atoms with van der Waals surface area (Å²) in [5, 5.41) is 2.46. The van der Waals surface area contributed by atoms with E-state index in [9.17, 15) is 13.6 Å². The van der Waals surface area contributed by atoms with Crippen LogP contribution in [0.25, 0.3) is 0 Å². The largest absolute Gasteiger partial charge is 0.772 e. The van der Waals surface area contributed by atoms with Crippen molar-refractivity contribution in [3.8, 4) is 0 Å². The lowest BCUT2D eigenvalue weighted by Crippen LogP contribution is -2.33. The summed E-state index contributed by atoms with van der Waals surface area (Å²) in [5.74, 6) is 0.0514. The van der Waals surface area contributed by atoms with Crippen molar-refractivity contribution in [3.05, 3.63) is 0 Å². The lowest BCUT2D eigenvalue weighted by molar-refractivity contribution is 0.0528. The van der Waals surface area contributed by atoms with Crippen molar-refractivity contribution in [2.45, 2.75) is 32.8 Å². The van der Waals surface area contributed by atoms with Crippen molar-refractivity contribution in [1.82, 2.24) is 5.32 Å². The van der Waals surface area contributed by atoms with Gasteiger partial charge in [-0.2, -0.15) is 0 Å². The van der Waals surface area contributed by atoms with Gasteiger partial charge in [-0.1, -0.05) is 11.1 Å². The Bertz CT molecular complexity index is 212. The highest BCUT2D eigenvalue weighted by molar-refractivity contribution is 7.79. The molecule has 0 aromatic carbocycles. The maximum atomic E-state index is 11.0. The number of hydrogen-bond acceptors (Lipinski definition) is 4. The molecular formula is C8H16NO4S-. The van der Waals surface area contributed by atoms with Gasteiger partial charge in [-0.05, 0) is 27.2 Å². The van der Waals surface area contributed by atoms with Gasteiger partial charge < -0.3 is 14.6 Å². The van der Waals surface area contributed by atoms with E-state index in [1.54, 1.807) is 20.8 Å². The SMILES string of the molecule is CC(C)(C)OC(=O)NCCCS(=O)[O-]. The van der Waals surface area contributed by atoms with Crippen LogP contribution >= 0.6 is 0 Å². The lowest BCUT2D eigenvalue weighted by atomic mass is 10.2. The first-order valence-corrected chi connectivity index (χ1v) is 5.58. The van der Waals surface area contributed by atoms with Gasteiger partial charge in [0.2, 0.25) is 0 Å². The predicted octanol–water partition coefficient (Wildman–Crippen LogP) is 0.780. The van der Waals surface area contributed by atoms with E-state index in [2.05, 4.69) is 5.32 Å². The Balaban J connectivity index is 3.50. The minimum Gasteiger partial charge on any atom is -0.772 e. The maximum absolute atomic E-state index is 11.0. The van der Waals surface area contributed by atoms with Crippen molar-refractivity contribution >= 4 is 17.2 Å². The van der Waals surface area contributed by atoms with Gasteiger partial charge in [0.1, 0.15) is 5.60 Å². The number of alkyl carbamates (subject to hydrolysis) is 1. The van der Waals surface area contributed by atoms with Crippen LogP contribution in [0, 0.1) is 0 Å². The van der Waals surface area contributed by atoms with E-state index >= 15 is 0 Å². The molecule has 0 spiro atoms. The molecule has 0 rings (SSSR count). The van der Waals surface area contributed by atoms with E-state index in [4.69, 9.17) is 4.74 Å². The molecule has 5 nitrogen and oxygen atoms in total. The van der Waals surface area contributed by atoms with Gasteiger partial charge in [-0.15, -0.1) is 0 Å². The van der Waals surface area contributed by atoms with Gasteiger partial charge in [0.05, 0.1) is 0 Å². The molecule has 0 aliphatic heterocycles. The van der Waals surface area contributed by atoms with E-state index in [-0.39, 0.29) is 5.75 Å². The number of carbonyl (C=O) groups excluding carboxylic acids is 1. The second-order valence-electron chi connectivity index (χ2n) is 3.79. The van der Waals surface area contributed by atoms with E-state index in [0.717, 1.165) is 0 Å². The molecule has 0 radical (unpaired) electrons. The highest BCUT2D eigenvalue weighted by Crippen LogP contribution is 2.06. The molecule has 0 aromatic rings. The summed E-state index contributed by atoms with van der Waals surface area (Å²) in [5.41, 5.74) is -0.522. The van der Waals surface area contributed by atoms with Crippen LogP contribution in [0.2, 0.25) is 0 Å². The monoisotopic (exact) mass is 222 g/mol. The predicted molar refractivity (Wildman–Crippen MR) is 52.6 cm³/mol. The van der Waals surface area contributed by atoms with E-state index < -0.39 is 22.8 Å². The molecule has 0 aliphatic rings. The smallest absolute Gasteiger partial charge is 0.407 e. The fourth-order valence-corrected chi connectivity index (χ4v) is 1.07. The van der Waals surface area contributed by atoms with Crippen LogP contribution in [0.1, 0.15) is 27.2 Å². The zero-order valence-corrected chi connectivity index (χ0v) is 9.48. The van der Waals surface area contributed by atoms with Gasteiger partial charge in [-0.25, -0.2) is 4.79 Å². The summed E-state index contributed by atoms with van der Waals surface area (Å²) in [4.78, 5) is 11.0. The second-order valence-corrected chi connectivity index (χ2v) is 4.81. The zero-order chi connectivity index (χ0) is 11.2. The first-order chi connectivity index (χ1) is 6.31. The summed E-state index contributed by atoms with van der Waals surface area (Å²) in [6, 6.07) is 0. The van der Waals surface area contributed by atoms with Crippen molar-refractivity contribution in [2.75, 3.05) is 12.3 Å².